The maximum Gasteiger partial charge on any atom is 0.269 e. The monoisotopic (exact) mass is 427 g/mol. The van der Waals surface area contributed by atoms with Crippen molar-refractivity contribution in [1.82, 2.24) is 20.3 Å². The van der Waals surface area contributed by atoms with Crippen molar-refractivity contribution >= 4 is 51.8 Å². The molecule has 2 aromatic heterocycles. The number of carbonyl (C=O) groups excluding carboxylic acids is 1. The highest BCUT2D eigenvalue weighted by Gasteiger charge is 2.10. The minimum atomic E-state index is -0.283. The van der Waals surface area contributed by atoms with Crippen LogP contribution < -0.4 is 15.4 Å². The van der Waals surface area contributed by atoms with Gasteiger partial charge >= 0.3 is 0 Å². The molecule has 29 heavy (non-hydrogen) atoms. The highest BCUT2D eigenvalue weighted by Crippen LogP contribution is 2.30. The van der Waals surface area contributed by atoms with Crippen molar-refractivity contribution in [3.63, 3.8) is 0 Å². The second-order valence-electron chi connectivity index (χ2n) is 6.07. The van der Waals surface area contributed by atoms with Crippen LogP contribution in [0.1, 0.15) is 10.5 Å². The van der Waals surface area contributed by atoms with Gasteiger partial charge in [0.2, 0.25) is 5.95 Å². The molecular weight excluding hydrogens is 413 g/mol. The molecule has 4 rings (SSSR count). The topological polar surface area (TPSA) is 91.9 Å². The highest BCUT2D eigenvalue weighted by molar-refractivity contribution is 6.35. The summed E-state index contributed by atoms with van der Waals surface area (Å²) in [7, 11) is 1.55. The van der Waals surface area contributed by atoms with Gasteiger partial charge in [-0.15, -0.1) is 0 Å². The number of amides is 1. The number of halogens is 2. The Hall–Kier alpha value is -3.29. The van der Waals surface area contributed by atoms with E-state index in [0.29, 0.717) is 33.2 Å². The Morgan fingerprint density at radius 2 is 1.90 bits per heavy atom. The molecule has 0 atom stereocenters. The van der Waals surface area contributed by atoms with Crippen molar-refractivity contribution in [2.45, 2.75) is 0 Å². The zero-order valence-electron chi connectivity index (χ0n) is 15.2. The van der Waals surface area contributed by atoms with E-state index in [-0.39, 0.29) is 11.6 Å². The third-order valence-electron chi connectivity index (χ3n) is 4.06. The molecule has 0 fully saturated rings. The molecule has 0 saturated heterocycles. The summed E-state index contributed by atoms with van der Waals surface area (Å²) in [6, 6.07) is 13.8. The van der Waals surface area contributed by atoms with Gasteiger partial charge in [0.1, 0.15) is 17.2 Å². The molecule has 0 saturated carbocycles. The van der Waals surface area contributed by atoms with Crippen LogP contribution in [0.5, 0.6) is 11.5 Å². The number of nitrogens with one attached hydrogen (secondary N) is 3. The average Bonchev–Trinajstić information content (AvgIpc) is 3.12. The zero-order chi connectivity index (χ0) is 20.4. The summed E-state index contributed by atoms with van der Waals surface area (Å²) in [5.74, 6) is 1.33. The molecule has 0 aliphatic carbocycles. The number of hydrogen-bond acceptors (Lipinski definition) is 5. The van der Waals surface area contributed by atoms with Crippen LogP contribution in [-0.2, 0) is 0 Å². The minimum absolute atomic E-state index is 0.275. The number of pyridine rings is 1. The van der Waals surface area contributed by atoms with E-state index in [2.05, 4.69) is 25.6 Å². The number of rotatable bonds is 5. The van der Waals surface area contributed by atoms with E-state index in [1.165, 1.54) is 6.20 Å². The first-order valence-electron chi connectivity index (χ1n) is 8.59. The summed E-state index contributed by atoms with van der Waals surface area (Å²) in [4.78, 5) is 23.4. The Morgan fingerprint density at radius 1 is 1.07 bits per heavy atom. The van der Waals surface area contributed by atoms with Gasteiger partial charge in [0.25, 0.3) is 5.91 Å². The first kappa shape index (κ1) is 19.0. The van der Waals surface area contributed by atoms with E-state index in [4.69, 9.17) is 27.9 Å². The van der Waals surface area contributed by atoms with Gasteiger partial charge in [-0.1, -0.05) is 23.2 Å². The molecular formula is C20H15Cl2N5O2. The summed E-state index contributed by atoms with van der Waals surface area (Å²) in [6.45, 7) is 0. The maximum absolute atomic E-state index is 11.7. The summed E-state index contributed by atoms with van der Waals surface area (Å²) in [5.41, 5.74) is 2.44. The number of aromatic amines is 1. The maximum atomic E-state index is 11.7. The second-order valence-corrected chi connectivity index (χ2v) is 6.92. The predicted octanol–water partition coefficient (Wildman–Crippen LogP) is 5.16. The van der Waals surface area contributed by atoms with Crippen LogP contribution >= 0.6 is 23.2 Å². The molecule has 0 unspecified atom stereocenters. The van der Waals surface area contributed by atoms with Crippen LogP contribution in [0, 0.1) is 0 Å². The lowest BCUT2D eigenvalue weighted by molar-refractivity contribution is 0.0958. The number of carbonyl (C=O) groups is 1. The normalized spacial score (nSPS) is 10.7. The van der Waals surface area contributed by atoms with Crippen molar-refractivity contribution in [3.05, 3.63) is 70.5 Å². The fraction of sp³-hybridized carbons (Fsp3) is 0.0500. The standard InChI is InChI=1S/C20H15Cl2N5O2/c1-23-19(28)18-10-13(6-7-24-18)29-12-3-5-15-17(9-12)27-20(25-15)26-16-8-11(21)2-4-14(16)22/h2-10H,1H3,(H,23,28)(H2,25,26,27). The number of fused-ring (bicyclic) bond motifs is 1. The SMILES string of the molecule is CNC(=O)c1cc(Oc2ccc3nc(Nc4cc(Cl)ccc4Cl)[nH]c3c2)ccn1. The lowest BCUT2D eigenvalue weighted by Crippen LogP contribution is -2.18. The molecule has 0 radical (unpaired) electrons. The number of anilines is 2. The Labute approximate surface area is 176 Å². The van der Waals surface area contributed by atoms with Gasteiger partial charge in [0.05, 0.1) is 21.7 Å². The molecule has 4 aromatic rings. The van der Waals surface area contributed by atoms with Crippen LogP contribution in [0.25, 0.3) is 11.0 Å². The van der Waals surface area contributed by atoms with Crippen LogP contribution in [0.15, 0.2) is 54.7 Å². The molecule has 0 spiro atoms. The third kappa shape index (κ3) is 4.26. The van der Waals surface area contributed by atoms with Crippen LogP contribution in [0.4, 0.5) is 11.6 Å². The second kappa shape index (κ2) is 7.98. The number of imidazole rings is 1. The highest BCUT2D eigenvalue weighted by atomic mass is 35.5. The summed E-state index contributed by atoms with van der Waals surface area (Å²) < 4.78 is 5.86. The van der Waals surface area contributed by atoms with E-state index in [0.717, 1.165) is 11.0 Å². The van der Waals surface area contributed by atoms with E-state index in [1.807, 2.05) is 12.1 Å². The number of H-pyrrole nitrogens is 1. The van der Waals surface area contributed by atoms with Crippen molar-refractivity contribution in [2.24, 2.45) is 0 Å². The lowest BCUT2D eigenvalue weighted by atomic mass is 10.3. The summed E-state index contributed by atoms with van der Waals surface area (Å²) in [6.07, 6.45) is 1.52. The molecule has 2 heterocycles. The fourth-order valence-electron chi connectivity index (χ4n) is 2.70. The first-order valence-corrected chi connectivity index (χ1v) is 9.35. The average molecular weight is 428 g/mol. The van der Waals surface area contributed by atoms with Crippen molar-refractivity contribution in [3.8, 4) is 11.5 Å². The molecule has 1 amide bonds. The first-order chi connectivity index (χ1) is 14.0. The number of nitrogens with zero attached hydrogens (tertiary/aromatic N) is 2. The Balaban J connectivity index is 1.57. The molecule has 0 bridgehead atoms. The molecule has 9 heteroatoms. The van der Waals surface area contributed by atoms with Gasteiger partial charge in [0.15, 0.2) is 0 Å². The number of ether oxygens (including phenoxy) is 1. The van der Waals surface area contributed by atoms with Gasteiger partial charge in [-0.25, -0.2) is 4.98 Å². The molecule has 0 aliphatic rings. The van der Waals surface area contributed by atoms with Gasteiger partial charge in [-0.2, -0.15) is 0 Å². The van der Waals surface area contributed by atoms with Gasteiger partial charge in [-0.3, -0.25) is 9.78 Å². The van der Waals surface area contributed by atoms with E-state index >= 15 is 0 Å². The third-order valence-corrected chi connectivity index (χ3v) is 4.63. The Morgan fingerprint density at radius 3 is 2.72 bits per heavy atom. The van der Waals surface area contributed by atoms with Crippen molar-refractivity contribution < 1.29 is 9.53 Å². The molecule has 0 aliphatic heterocycles. The van der Waals surface area contributed by atoms with Crippen LogP contribution in [-0.4, -0.2) is 27.9 Å². The van der Waals surface area contributed by atoms with Crippen molar-refractivity contribution in [2.75, 3.05) is 12.4 Å². The van der Waals surface area contributed by atoms with E-state index < -0.39 is 0 Å². The Bertz CT molecular complexity index is 1210. The molecule has 146 valence electrons. The van der Waals surface area contributed by atoms with Crippen molar-refractivity contribution in [1.29, 1.82) is 0 Å². The van der Waals surface area contributed by atoms with Gasteiger partial charge in [-0.05, 0) is 36.4 Å². The van der Waals surface area contributed by atoms with Gasteiger partial charge in [0, 0.05) is 30.4 Å². The minimum Gasteiger partial charge on any atom is -0.457 e. The largest absolute Gasteiger partial charge is 0.457 e. The molecule has 3 N–H and O–H groups in total. The molecule has 2 aromatic carbocycles. The van der Waals surface area contributed by atoms with Crippen LogP contribution in [0.3, 0.4) is 0 Å². The number of hydrogen-bond donors (Lipinski definition) is 3. The zero-order valence-corrected chi connectivity index (χ0v) is 16.7. The summed E-state index contributed by atoms with van der Waals surface area (Å²) in [5, 5.41) is 6.75. The number of aromatic nitrogens is 3. The molecule has 7 nitrogen and oxygen atoms in total. The lowest BCUT2D eigenvalue weighted by Gasteiger charge is -2.06. The van der Waals surface area contributed by atoms with Crippen LogP contribution in [0.2, 0.25) is 10.0 Å². The summed E-state index contributed by atoms with van der Waals surface area (Å²) >= 11 is 12.2. The van der Waals surface area contributed by atoms with Gasteiger partial charge < -0.3 is 20.4 Å². The van der Waals surface area contributed by atoms with E-state index in [1.54, 1.807) is 43.4 Å². The van der Waals surface area contributed by atoms with E-state index in [9.17, 15) is 4.79 Å². The fourth-order valence-corrected chi connectivity index (χ4v) is 3.03. The predicted molar refractivity (Wildman–Crippen MR) is 114 cm³/mol. The number of benzene rings is 2. The smallest absolute Gasteiger partial charge is 0.269 e. The Kier molecular flexibility index (Phi) is 5.24. The quantitative estimate of drug-likeness (QED) is 0.409.